The number of nitrogens with two attached hydrogens (primary N) is 1. The maximum absolute atomic E-state index is 5.75. The van der Waals surface area contributed by atoms with Crippen molar-refractivity contribution in [3.05, 3.63) is 23.8 Å². The lowest BCUT2D eigenvalue weighted by Gasteiger charge is -2.26. The van der Waals surface area contributed by atoms with Crippen molar-refractivity contribution in [2.75, 3.05) is 44.2 Å². The quantitative estimate of drug-likeness (QED) is 0.630. The molecule has 0 unspecified atom stereocenters. The SMILES string of the molecule is Cc1cc(N)ccc1SCCN1CCNCC1. The third kappa shape index (κ3) is 3.91. The number of piperazine rings is 1. The highest BCUT2D eigenvalue weighted by Gasteiger charge is 2.09. The molecule has 1 fully saturated rings. The Morgan fingerprint density at radius 3 is 2.82 bits per heavy atom. The molecular weight excluding hydrogens is 230 g/mol. The van der Waals surface area contributed by atoms with Gasteiger partial charge in [-0.05, 0) is 30.7 Å². The normalized spacial score (nSPS) is 17.2. The van der Waals surface area contributed by atoms with Gasteiger partial charge in [-0.2, -0.15) is 0 Å². The summed E-state index contributed by atoms with van der Waals surface area (Å²) in [4.78, 5) is 3.88. The molecule has 0 aromatic heterocycles. The molecule has 1 aliphatic rings. The lowest BCUT2D eigenvalue weighted by atomic mass is 10.2. The number of nitrogens with zero attached hydrogens (tertiary/aromatic N) is 1. The minimum absolute atomic E-state index is 0.856. The highest BCUT2D eigenvalue weighted by molar-refractivity contribution is 7.99. The molecule has 94 valence electrons. The van der Waals surface area contributed by atoms with E-state index in [0.717, 1.165) is 24.5 Å². The van der Waals surface area contributed by atoms with Crippen LogP contribution in [0.3, 0.4) is 0 Å². The van der Waals surface area contributed by atoms with Gasteiger partial charge in [0.2, 0.25) is 0 Å². The first kappa shape index (κ1) is 12.7. The Bertz CT molecular complexity index is 362. The summed E-state index contributed by atoms with van der Waals surface area (Å²) in [5.41, 5.74) is 7.89. The van der Waals surface area contributed by atoms with Gasteiger partial charge >= 0.3 is 0 Å². The molecule has 0 spiro atoms. The lowest BCUT2D eigenvalue weighted by molar-refractivity contribution is 0.255. The Hall–Kier alpha value is -0.710. The van der Waals surface area contributed by atoms with E-state index in [1.165, 1.54) is 30.1 Å². The average Bonchev–Trinajstić information content (AvgIpc) is 2.33. The van der Waals surface area contributed by atoms with Crippen LogP contribution in [0.1, 0.15) is 5.56 Å². The number of hydrogen-bond acceptors (Lipinski definition) is 4. The van der Waals surface area contributed by atoms with Gasteiger partial charge in [-0.1, -0.05) is 0 Å². The van der Waals surface area contributed by atoms with Crippen LogP contribution in [0, 0.1) is 6.92 Å². The van der Waals surface area contributed by atoms with Crippen LogP contribution in [0.2, 0.25) is 0 Å². The van der Waals surface area contributed by atoms with Crippen molar-refractivity contribution in [3.63, 3.8) is 0 Å². The summed E-state index contributed by atoms with van der Waals surface area (Å²) in [6.45, 7) is 7.93. The molecule has 4 heteroatoms. The zero-order valence-electron chi connectivity index (χ0n) is 10.4. The van der Waals surface area contributed by atoms with Crippen molar-refractivity contribution in [1.82, 2.24) is 10.2 Å². The van der Waals surface area contributed by atoms with Crippen molar-refractivity contribution in [2.45, 2.75) is 11.8 Å². The number of rotatable bonds is 4. The third-order valence-corrected chi connectivity index (χ3v) is 4.23. The topological polar surface area (TPSA) is 41.3 Å². The Morgan fingerprint density at radius 2 is 2.12 bits per heavy atom. The summed E-state index contributed by atoms with van der Waals surface area (Å²) in [7, 11) is 0. The first-order valence-corrected chi connectivity index (χ1v) is 7.16. The van der Waals surface area contributed by atoms with Crippen LogP contribution in [-0.4, -0.2) is 43.4 Å². The van der Waals surface area contributed by atoms with Crippen LogP contribution in [0.5, 0.6) is 0 Å². The molecule has 1 heterocycles. The van der Waals surface area contributed by atoms with Crippen molar-refractivity contribution >= 4 is 17.4 Å². The molecule has 0 radical (unpaired) electrons. The molecule has 0 bridgehead atoms. The molecule has 0 atom stereocenters. The Labute approximate surface area is 108 Å². The smallest absolute Gasteiger partial charge is 0.0317 e. The fourth-order valence-corrected chi connectivity index (χ4v) is 3.07. The second-order valence-electron chi connectivity index (χ2n) is 4.47. The standard InChI is InChI=1S/C13H21N3S/c1-11-10-12(14)2-3-13(11)17-9-8-16-6-4-15-5-7-16/h2-3,10,15H,4-9,14H2,1H3. The molecule has 1 aromatic carbocycles. The van der Waals surface area contributed by atoms with E-state index in [1.807, 2.05) is 23.9 Å². The largest absolute Gasteiger partial charge is 0.399 e. The van der Waals surface area contributed by atoms with E-state index in [9.17, 15) is 0 Å². The van der Waals surface area contributed by atoms with Gasteiger partial charge in [0, 0.05) is 49.1 Å². The van der Waals surface area contributed by atoms with E-state index in [1.54, 1.807) is 0 Å². The zero-order valence-corrected chi connectivity index (χ0v) is 11.2. The molecule has 0 amide bonds. The number of thioether (sulfide) groups is 1. The second-order valence-corrected chi connectivity index (χ2v) is 5.60. The molecule has 17 heavy (non-hydrogen) atoms. The molecule has 0 aliphatic carbocycles. The zero-order chi connectivity index (χ0) is 12.1. The second kappa shape index (κ2) is 6.28. The summed E-state index contributed by atoms with van der Waals surface area (Å²) in [6.07, 6.45) is 0. The van der Waals surface area contributed by atoms with Gasteiger partial charge in [-0.25, -0.2) is 0 Å². The predicted molar refractivity (Wildman–Crippen MR) is 75.6 cm³/mol. The molecular formula is C13H21N3S. The van der Waals surface area contributed by atoms with E-state index in [4.69, 9.17) is 5.73 Å². The number of hydrogen-bond donors (Lipinski definition) is 2. The Kier molecular flexibility index (Phi) is 4.71. The van der Waals surface area contributed by atoms with Gasteiger partial charge in [0.1, 0.15) is 0 Å². The van der Waals surface area contributed by atoms with Crippen LogP contribution < -0.4 is 11.1 Å². The van der Waals surface area contributed by atoms with Gasteiger partial charge in [-0.3, -0.25) is 4.90 Å². The van der Waals surface area contributed by atoms with E-state index in [-0.39, 0.29) is 0 Å². The summed E-state index contributed by atoms with van der Waals surface area (Å²) >= 11 is 1.93. The minimum Gasteiger partial charge on any atom is -0.399 e. The van der Waals surface area contributed by atoms with Gasteiger partial charge < -0.3 is 11.1 Å². The summed E-state index contributed by atoms with van der Waals surface area (Å²) in [5.74, 6) is 1.16. The van der Waals surface area contributed by atoms with E-state index >= 15 is 0 Å². The van der Waals surface area contributed by atoms with Crippen LogP contribution >= 0.6 is 11.8 Å². The third-order valence-electron chi connectivity index (χ3n) is 3.07. The fraction of sp³-hybridized carbons (Fsp3) is 0.538. The molecule has 1 aliphatic heterocycles. The monoisotopic (exact) mass is 251 g/mol. The molecule has 2 rings (SSSR count). The van der Waals surface area contributed by atoms with Crippen molar-refractivity contribution in [2.24, 2.45) is 0 Å². The number of anilines is 1. The van der Waals surface area contributed by atoms with Gasteiger partial charge in [0.05, 0.1) is 0 Å². The van der Waals surface area contributed by atoms with E-state index in [2.05, 4.69) is 23.2 Å². The highest BCUT2D eigenvalue weighted by Crippen LogP contribution is 2.23. The predicted octanol–water partition coefficient (Wildman–Crippen LogP) is 1.57. The van der Waals surface area contributed by atoms with Crippen LogP contribution in [-0.2, 0) is 0 Å². The number of benzene rings is 1. The Morgan fingerprint density at radius 1 is 1.35 bits per heavy atom. The van der Waals surface area contributed by atoms with E-state index < -0.39 is 0 Å². The molecule has 3 nitrogen and oxygen atoms in total. The first-order chi connectivity index (χ1) is 8.25. The molecule has 3 N–H and O–H groups in total. The molecule has 1 aromatic rings. The number of nitrogens with one attached hydrogen (secondary N) is 1. The summed E-state index contributed by atoms with van der Waals surface area (Å²) < 4.78 is 0. The first-order valence-electron chi connectivity index (χ1n) is 6.18. The van der Waals surface area contributed by atoms with Crippen LogP contribution in [0.25, 0.3) is 0 Å². The highest BCUT2D eigenvalue weighted by atomic mass is 32.2. The maximum Gasteiger partial charge on any atom is 0.0317 e. The summed E-state index contributed by atoms with van der Waals surface area (Å²) in [5, 5.41) is 3.38. The lowest BCUT2D eigenvalue weighted by Crippen LogP contribution is -2.44. The van der Waals surface area contributed by atoms with Crippen molar-refractivity contribution < 1.29 is 0 Å². The summed E-state index contributed by atoms with van der Waals surface area (Å²) in [6, 6.07) is 6.17. The molecule has 1 saturated heterocycles. The van der Waals surface area contributed by atoms with Gasteiger partial charge in [0.25, 0.3) is 0 Å². The minimum atomic E-state index is 0.856. The van der Waals surface area contributed by atoms with Gasteiger partial charge in [-0.15, -0.1) is 11.8 Å². The molecule has 0 saturated carbocycles. The van der Waals surface area contributed by atoms with Crippen LogP contribution in [0.15, 0.2) is 23.1 Å². The number of nitrogen functional groups attached to an aromatic ring is 1. The maximum atomic E-state index is 5.75. The van der Waals surface area contributed by atoms with Crippen molar-refractivity contribution in [1.29, 1.82) is 0 Å². The average molecular weight is 251 g/mol. The van der Waals surface area contributed by atoms with E-state index in [0.29, 0.717) is 0 Å². The van der Waals surface area contributed by atoms with Crippen molar-refractivity contribution in [3.8, 4) is 0 Å². The van der Waals surface area contributed by atoms with Gasteiger partial charge in [0.15, 0.2) is 0 Å². The fourth-order valence-electron chi connectivity index (χ4n) is 2.05. The van der Waals surface area contributed by atoms with Crippen LogP contribution in [0.4, 0.5) is 5.69 Å². The number of aryl methyl sites for hydroxylation is 1. The Balaban J connectivity index is 1.77.